The second-order valence-corrected chi connectivity index (χ2v) is 5.20. The molecule has 20 heavy (non-hydrogen) atoms. The van der Waals surface area contributed by atoms with Gasteiger partial charge in [-0.15, -0.1) is 0 Å². The zero-order chi connectivity index (χ0) is 14.7. The summed E-state index contributed by atoms with van der Waals surface area (Å²) in [6, 6.07) is 4.97. The predicted octanol–water partition coefficient (Wildman–Crippen LogP) is 2.79. The molecule has 0 aliphatic heterocycles. The topological polar surface area (TPSA) is 75.6 Å². The maximum atomic E-state index is 12.0. The minimum atomic E-state index is -0.932. The molecule has 2 unspecified atom stereocenters. The molecule has 1 aliphatic carbocycles. The van der Waals surface area contributed by atoms with Crippen LogP contribution in [0.15, 0.2) is 18.2 Å². The standard InChI is InChI=1S/C14H16ClNO4/c1-2-5-20-12-4-3-8(15)6-11(12)16-13(17)9-7-10(9)14(18)19/h3-4,6,9-10H,2,5,7H2,1H3,(H,16,17)(H,18,19). The average Bonchev–Trinajstić information content (AvgIpc) is 3.18. The Hall–Kier alpha value is -1.75. The largest absolute Gasteiger partial charge is 0.491 e. The van der Waals surface area contributed by atoms with Crippen LogP contribution in [-0.4, -0.2) is 23.6 Å². The highest BCUT2D eigenvalue weighted by atomic mass is 35.5. The van der Waals surface area contributed by atoms with Crippen LogP contribution in [0, 0.1) is 11.8 Å². The van der Waals surface area contributed by atoms with Gasteiger partial charge in [-0.05, 0) is 31.0 Å². The Morgan fingerprint density at radius 1 is 1.45 bits per heavy atom. The molecule has 1 amide bonds. The van der Waals surface area contributed by atoms with Crippen LogP contribution in [-0.2, 0) is 9.59 Å². The monoisotopic (exact) mass is 297 g/mol. The molecular weight excluding hydrogens is 282 g/mol. The van der Waals surface area contributed by atoms with Crippen LogP contribution in [0.25, 0.3) is 0 Å². The van der Waals surface area contributed by atoms with Crippen molar-refractivity contribution in [3.05, 3.63) is 23.2 Å². The molecule has 1 fully saturated rings. The van der Waals surface area contributed by atoms with Crippen LogP contribution in [0.2, 0.25) is 5.02 Å². The summed E-state index contributed by atoms with van der Waals surface area (Å²) in [4.78, 5) is 22.7. The van der Waals surface area contributed by atoms with E-state index in [1.807, 2.05) is 6.92 Å². The number of benzene rings is 1. The van der Waals surface area contributed by atoms with Gasteiger partial charge in [-0.25, -0.2) is 0 Å². The van der Waals surface area contributed by atoms with Gasteiger partial charge in [0.25, 0.3) is 0 Å². The summed E-state index contributed by atoms with van der Waals surface area (Å²) in [6.07, 6.45) is 1.23. The molecule has 0 heterocycles. The highest BCUT2D eigenvalue weighted by Crippen LogP contribution is 2.40. The normalized spacial score (nSPS) is 20.3. The molecule has 1 saturated carbocycles. The van der Waals surface area contributed by atoms with E-state index < -0.39 is 17.8 Å². The Labute approximate surface area is 121 Å². The third-order valence-electron chi connectivity index (χ3n) is 3.11. The Morgan fingerprint density at radius 3 is 2.80 bits per heavy atom. The van der Waals surface area contributed by atoms with Crippen molar-refractivity contribution in [3.63, 3.8) is 0 Å². The summed E-state index contributed by atoms with van der Waals surface area (Å²) in [5.41, 5.74) is 0.479. The predicted molar refractivity (Wildman–Crippen MR) is 75.1 cm³/mol. The lowest BCUT2D eigenvalue weighted by Crippen LogP contribution is -2.17. The van der Waals surface area contributed by atoms with Gasteiger partial charge in [0.15, 0.2) is 0 Å². The fourth-order valence-electron chi connectivity index (χ4n) is 1.92. The molecule has 0 aromatic heterocycles. The van der Waals surface area contributed by atoms with Crippen LogP contribution < -0.4 is 10.1 Å². The summed E-state index contributed by atoms with van der Waals surface area (Å²) in [5.74, 6) is -1.74. The zero-order valence-corrected chi connectivity index (χ0v) is 11.8. The molecule has 108 valence electrons. The Kier molecular flexibility index (Phi) is 4.49. The van der Waals surface area contributed by atoms with Crippen LogP contribution in [0.4, 0.5) is 5.69 Å². The first-order valence-corrected chi connectivity index (χ1v) is 6.86. The van der Waals surface area contributed by atoms with E-state index in [1.165, 1.54) is 0 Å². The number of anilines is 1. The van der Waals surface area contributed by atoms with Crippen molar-refractivity contribution < 1.29 is 19.4 Å². The quantitative estimate of drug-likeness (QED) is 0.846. The zero-order valence-electron chi connectivity index (χ0n) is 11.1. The summed E-state index contributed by atoms with van der Waals surface area (Å²) < 4.78 is 5.53. The molecule has 1 aromatic carbocycles. The summed E-state index contributed by atoms with van der Waals surface area (Å²) >= 11 is 5.91. The molecule has 0 radical (unpaired) electrons. The summed E-state index contributed by atoms with van der Waals surface area (Å²) in [5, 5.41) is 12.0. The lowest BCUT2D eigenvalue weighted by molar-refractivity contribution is -0.139. The third-order valence-corrected chi connectivity index (χ3v) is 3.34. The van der Waals surface area contributed by atoms with E-state index in [9.17, 15) is 9.59 Å². The Balaban J connectivity index is 2.06. The fourth-order valence-corrected chi connectivity index (χ4v) is 2.09. The molecular formula is C14H16ClNO4. The molecule has 1 aromatic rings. The Morgan fingerprint density at radius 2 is 2.20 bits per heavy atom. The first kappa shape index (κ1) is 14.7. The number of halogens is 1. The number of carbonyl (C=O) groups is 2. The van der Waals surface area contributed by atoms with Gasteiger partial charge in [0.05, 0.1) is 24.1 Å². The maximum Gasteiger partial charge on any atom is 0.307 e. The molecule has 2 rings (SSSR count). The molecule has 0 saturated heterocycles. The number of nitrogens with one attached hydrogen (secondary N) is 1. The fraction of sp³-hybridized carbons (Fsp3) is 0.429. The minimum absolute atomic E-state index is 0.305. The first-order valence-electron chi connectivity index (χ1n) is 6.49. The minimum Gasteiger partial charge on any atom is -0.491 e. The highest BCUT2D eigenvalue weighted by molar-refractivity contribution is 6.31. The lowest BCUT2D eigenvalue weighted by atomic mass is 10.2. The van der Waals surface area contributed by atoms with E-state index in [0.29, 0.717) is 29.5 Å². The van der Waals surface area contributed by atoms with Crippen molar-refractivity contribution >= 4 is 29.2 Å². The van der Waals surface area contributed by atoms with Crippen LogP contribution in [0.1, 0.15) is 19.8 Å². The van der Waals surface area contributed by atoms with Gasteiger partial charge in [0.1, 0.15) is 5.75 Å². The average molecular weight is 298 g/mol. The molecule has 2 N–H and O–H groups in total. The second-order valence-electron chi connectivity index (χ2n) is 4.77. The summed E-state index contributed by atoms with van der Waals surface area (Å²) in [6.45, 7) is 2.52. The lowest BCUT2D eigenvalue weighted by Gasteiger charge is -2.12. The number of aliphatic carboxylic acids is 1. The van der Waals surface area contributed by atoms with Crippen molar-refractivity contribution in [3.8, 4) is 5.75 Å². The molecule has 6 heteroatoms. The van der Waals surface area contributed by atoms with E-state index in [4.69, 9.17) is 21.4 Å². The van der Waals surface area contributed by atoms with E-state index >= 15 is 0 Å². The van der Waals surface area contributed by atoms with Gasteiger partial charge in [-0.3, -0.25) is 9.59 Å². The van der Waals surface area contributed by atoms with Crippen molar-refractivity contribution in [2.45, 2.75) is 19.8 Å². The van der Waals surface area contributed by atoms with E-state index in [0.717, 1.165) is 6.42 Å². The number of carbonyl (C=O) groups excluding carboxylic acids is 1. The van der Waals surface area contributed by atoms with Gasteiger partial charge in [0.2, 0.25) is 5.91 Å². The van der Waals surface area contributed by atoms with Crippen molar-refractivity contribution in [1.82, 2.24) is 0 Å². The number of hydrogen-bond acceptors (Lipinski definition) is 3. The number of amides is 1. The van der Waals surface area contributed by atoms with Crippen LogP contribution in [0.5, 0.6) is 5.75 Å². The third kappa shape index (κ3) is 3.42. The second kappa shape index (κ2) is 6.13. The number of carboxylic acid groups (broad SMARTS) is 1. The van der Waals surface area contributed by atoms with Crippen molar-refractivity contribution in [2.24, 2.45) is 11.8 Å². The number of ether oxygens (including phenoxy) is 1. The Bertz CT molecular complexity index is 532. The number of rotatable bonds is 6. The van der Waals surface area contributed by atoms with Gasteiger partial charge < -0.3 is 15.2 Å². The number of carboxylic acids is 1. The van der Waals surface area contributed by atoms with Crippen LogP contribution >= 0.6 is 11.6 Å². The molecule has 0 bridgehead atoms. The van der Waals surface area contributed by atoms with E-state index in [1.54, 1.807) is 18.2 Å². The van der Waals surface area contributed by atoms with Gasteiger partial charge in [-0.1, -0.05) is 18.5 Å². The van der Waals surface area contributed by atoms with Crippen LogP contribution in [0.3, 0.4) is 0 Å². The smallest absolute Gasteiger partial charge is 0.307 e. The molecule has 2 atom stereocenters. The first-order chi connectivity index (χ1) is 9.52. The SMILES string of the molecule is CCCOc1ccc(Cl)cc1NC(=O)C1CC1C(=O)O. The molecule has 5 nitrogen and oxygen atoms in total. The van der Waals surface area contributed by atoms with E-state index in [-0.39, 0.29) is 5.91 Å². The molecule has 0 spiro atoms. The van der Waals surface area contributed by atoms with Crippen molar-refractivity contribution in [2.75, 3.05) is 11.9 Å². The van der Waals surface area contributed by atoms with Gasteiger partial charge in [-0.2, -0.15) is 0 Å². The number of hydrogen-bond donors (Lipinski definition) is 2. The summed E-state index contributed by atoms with van der Waals surface area (Å²) in [7, 11) is 0. The molecule has 1 aliphatic rings. The van der Waals surface area contributed by atoms with E-state index in [2.05, 4.69) is 5.32 Å². The van der Waals surface area contributed by atoms with Gasteiger partial charge in [0, 0.05) is 5.02 Å². The maximum absolute atomic E-state index is 12.0. The van der Waals surface area contributed by atoms with Gasteiger partial charge >= 0.3 is 5.97 Å². The highest BCUT2D eigenvalue weighted by Gasteiger charge is 2.48. The van der Waals surface area contributed by atoms with Crippen molar-refractivity contribution in [1.29, 1.82) is 0 Å².